The Balaban J connectivity index is 1.41. The van der Waals surface area contributed by atoms with Gasteiger partial charge < -0.3 is 9.88 Å². The molecule has 3 aromatic rings. The number of hydrogen-bond donors (Lipinski definition) is 1. The second-order valence-corrected chi connectivity index (χ2v) is 7.05. The summed E-state index contributed by atoms with van der Waals surface area (Å²) in [5.74, 6) is 0.431. The number of nitrogens with zero attached hydrogens (tertiary/aromatic N) is 2. The van der Waals surface area contributed by atoms with Gasteiger partial charge in [0.25, 0.3) is 0 Å². The molecule has 1 amide bonds. The van der Waals surface area contributed by atoms with Crippen LogP contribution in [0.1, 0.15) is 17.5 Å². The van der Waals surface area contributed by atoms with E-state index in [1.165, 1.54) is 17.7 Å². The van der Waals surface area contributed by atoms with Gasteiger partial charge in [0, 0.05) is 42.6 Å². The van der Waals surface area contributed by atoms with Gasteiger partial charge in [-0.1, -0.05) is 24.3 Å². The molecule has 4 nitrogen and oxygen atoms in total. The van der Waals surface area contributed by atoms with E-state index in [2.05, 4.69) is 22.4 Å². The Labute approximate surface area is 156 Å². The van der Waals surface area contributed by atoms with Gasteiger partial charge in [0.15, 0.2) is 0 Å². The smallest absolute Gasteiger partial charge is 0.221 e. The van der Waals surface area contributed by atoms with E-state index >= 15 is 0 Å². The summed E-state index contributed by atoms with van der Waals surface area (Å²) in [6.07, 6.45) is 5.89. The number of rotatable bonds is 8. The van der Waals surface area contributed by atoms with Crippen LogP contribution in [0, 0.1) is 5.82 Å². The van der Waals surface area contributed by atoms with E-state index in [-0.39, 0.29) is 11.7 Å². The summed E-state index contributed by atoms with van der Waals surface area (Å²) in [6.45, 7) is 1.27. The van der Waals surface area contributed by atoms with Crippen LogP contribution in [-0.2, 0) is 17.9 Å². The lowest BCUT2D eigenvalue weighted by atomic mass is 10.1. The van der Waals surface area contributed by atoms with Crippen molar-refractivity contribution >= 4 is 17.7 Å². The molecule has 0 spiro atoms. The molecule has 0 saturated carbocycles. The van der Waals surface area contributed by atoms with E-state index in [4.69, 9.17) is 0 Å². The largest absolute Gasteiger partial charge is 0.352 e. The van der Waals surface area contributed by atoms with Gasteiger partial charge in [0.1, 0.15) is 5.82 Å². The Morgan fingerprint density at radius 3 is 2.73 bits per heavy atom. The van der Waals surface area contributed by atoms with Crippen molar-refractivity contribution in [2.75, 3.05) is 5.75 Å². The first-order chi connectivity index (χ1) is 12.7. The fourth-order valence-electron chi connectivity index (χ4n) is 2.51. The molecular formula is C20H20FN3OS. The molecule has 26 heavy (non-hydrogen) atoms. The van der Waals surface area contributed by atoms with E-state index in [1.807, 2.05) is 22.9 Å². The van der Waals surface area contributed by atoms with Crippen molar-refractivity contribution in [3.05, 3.63) is 84.2 Å². The Kier molecular flexibility index (Phi) is 6.44. The Bertz CT molecular complexity index is 835. The van der Waals surface area contributed by atoms with Gasteiger partial charge in [-0.15, -0.1) is 11.8 Å². The number of benzene rings is 2. The number of carbonyl (C=O) groups excluding carboxylic acids is 1. The highest BCUT2D eigenvalue weighted by atomic mass is 32.2. The first kappa shape index (κ1) is 18.2. The van der Waals surface area contributed by atoms with Crippen molar-refractivity contribution in [1.82, 2.24) is 14.9 Å². The zero-order valence-electron chi connectivity index (χ0n) is 14.3. The Morgan fingerprint density at radius 1 is 1.15 bits per heavy atom. The molecule has 1 heterocycles. The molecule has 0 saturated heterocycles. The first-order valence-corrected chi connectivity index (χ1v) is 9.36. The lowest BCUT2D eigenvalue weighted by Gasteiger charge is -2.08. The third kappa shape index (κ3) is 5.74. The third-order valence-corrected chi connectivity index (χ3v) is 4.83. The van der Waals surface area contributed by atoms with Gasteiger partial charge in [0.2, 0.25) is 5.91 Å². The molecule has 0 unspecified atom stereocenters. The Morgan fingerprint density at radius 2 is 1.96 bits per heavy atom. The molecule has 6 heteroatoms. The fraction of sp³-hybridized carbons (Fsp3) is 0.200. The highest BCUT2D eigenvalue weighted by Gasteiger charge is 2.04. The zero-order valence-corrected chi connectivity index (χ0v) is 15.1. The van der Waals surface area contributed by atoms with Crippen molar-refractivity contribution in [1.29, 1.82) is 0 Å². The van der Waals surface area contributed by atoms with E-state index in [0.29, 0.717) is 18.7 Å². The number of carbonyl (C=O) groups is 1. The minimum atomic E-state index is -0.248. The quantitative estimate of drug-likeness (QED) is 0.613. The molecule has 0 radical (unpaired) electrons. The van der Waals surface area contributed by atoms with E-state index < -0.39 is 0 Å². The summed E-state index contributed by atoms with van der Waals surface area (Å²) in [6, 6.07) is 14.5. The molecule has 0 atom stereocenters. The molecule has 3 rings (SSSR count). The SMILES string of the molecule is O=C(CCSc1ccc(F)cc1)NCc1cccc(Cn2ccnc2)c1. The van der Waals surface area contributed by atoms with Crippen LogP contribution >= 0.6 is 11.8 Å². The normalized spacial score (nSPS) is 10.7. The number of thioether (sulfide) groups is 1. The molecule has 2 aromatic carbocycles. The highest BCUT2D eigenvalue weighted by molar-refractivity contribution is 7.99. The minimum Gasteiger partial charge on any atom is -0.352 e. The molecule has 0 bridgehead atoms. The van der Waals surface area contributed by atoms with Gasteiger partial charge in [-0.2, -0.15) is 0 Å². The molecule has 0 fully saturated rings. The molecule has 0 aliphatic carbocycles. The van der Waals surface area contributed by atoms with Crippen molar-refractivity contribution in [3.8, 4) is 0 Å². The second-order valence-electron chi connectivity index (χ2n) is 5.88. The summed E-state index contributed by atoms with van der Waals surface area (Å²) in [5.41, 5.74) is 2.24. The number of aromatic nitrogens is 2. The van der Waals surface area contributed by atoms with E-state index in [0.717, 1.165) is 17.0 Å². The van der Waals surface area contributed by atoms with Gasteiger partial charge in [0.05, 0.1) is 6.33 Å². The molecule has 1 aromatic heterocycles. The maximum atomic E-state index is 12.9. The van der Waals surface area contributed by atoms with Crippen LogP contribution in [0.2, 0.25) is 0 Å². The number of halogens is 1. The van der Waals surface area contributed by atoms with Crippen molar-refractivity contribution in [2.45, 2.75) is 24.4 Å². The Hall–Kier alpha value is -2.60. The van der Waals surface area contributed by atoms with Gasteiger partial charge in [-0.25, -0.2) is 9.37 Å². The second kappa shape index (κ2) is 9.20. The molecule has 0 aliphatic rings. The lowest BCUT2D eigenvalue weighted by Crippen LogP contribution is -2.23. The third-order valence-electron chi connectivity index (χ3n) is 3.82. The maximum Gasteiger partial charge on any atom is 0.221 e. The predicted molar refractivity (Wildman–Crippen MR) is 101 cm³/mol. The van der Waals surface area contributed by atoms with Crippen LogP contribution in [0.15, 0.2) is 72.1 Å². The van der Waals surface area contributed by atoms with Crippen LogP contribution < -0.4 is 5.32 Å². The molecular weight excluding hydrogens is 349 g/mol. The summed E-state index contributed by atoms with van der Waals surface area (Å²) in [5, 5.41) is 2.95. The summed E-state index contributed by atoms with van der Waals surface area (Å²) < 4.78 is 14.9. The summed E-state index contributed by atoms with van der Waals surface area (Å²) in [7, 11) is 0. The average molecular weight is 369 g/mol. The maximum absolute atomic E-state index is 12.9. The van der Waals surface area contributed by atoms with Crippen LogP contribution in [0.5, 0.6) is 0 Å². The molecule has 1 N–H and O–H groups in total. The fourth-order valence-corrected chi connectivity index (χ4v) is 3.36. The van der Waals surface area contributed by atoms with Gasteiger partial charge in [-0.05, 0) is 35.4 Å². The average Bonchev–Trinajstić information content (AvgIpc) is 3.15. The summed E-state index contributed by atoms with van der Waals surface area (Å²) in [4.78, 5) is 17.0. The predicted octanol–water partition coefficient (Wildman–Crippen LogP) is 3.87. The van der Waals surface area contributed by atoms with E-state index in [9.17, 15) is 9.18 Å². The van der Waals surface area contributed by atoms with E-state index in [1.54, 1.807) is 36.4 Å². The standard InChI is InChI=1S/C20H20FN3OS/c21-18-4-6-19(7-5-18)26-11-8-20(25)23-13-16-2-1-3-17(12-16)14-24-10-9-22-15-24/h1-7,9-10,12,15H,8,11,13-14H2,(H,23,25). The number of hydrogen-bond acceptors (Lipinski definition) is 3. The number of amides is 1. The van der Waals surface area contributed by atoms with Crippen LogP contribution in [-0.4, -0.2) is 21.2 Å². The topological polar surface area (TPSA) is 46.9 Å². The lowest BCUT2D eigenvalue weighted by molar-refractivity contribution is -0.120. The van der Waals surface area contributed by atoms with Gasteiger partial charge >= 0.3 is 0 Å². The highest BCUT2D eigenvalue weighted by Crippen LogP contribution is 2.18. The van der Waals surface area contributed by atoms with Crippen LogP contribution in [0.25, 0.3) is 0 Å². The minimum absolute atomic E-state index is 0.0135. The van der Waals surface area contributed by atoms with Crippen LogP contribution in [0.3, 0.4) is 0 Å². The first-order valence-electron chi connectivity index (χ1n) is 8.38. The van der Waals surface area contributed by atoms with Crippen molar-refractivity contribution in [2.24, 2.45) is 0 Å². The number of imidazole rings is 1. The van der Waals surface area contributed by atoms with Crippen molar-refractivity contribution < 1.29 is 9.18 Å². The summed E-state index contributed by atoms with van der Waals surface area (Å²) >= 11 is 1.55. The molecule has 134 valence electrons. The van der Waals surface area contributed by atoms with Crippen molar-refractivity contribution in [3.63, 3.8) is 0 Å². The molecule has 0 aliphatic heterocycles. The monoisotopic (exact) mass is 369 g/mol. The van der Waals surface area contributed by atoms with Gasteiger partial charge in [-0.3, -0.25) is 4.79 Å². The van der Waals surface area contributed by atoms with Crippen LogP contribution in [0.4, 0.5) is 4.39 Å². The number of nitrogens with one attached hydrogen (secondary N) is 1. The zero-order chi connectivity index (χ0) is 18.2.